The SMILES string of the molecule is Fc1cc(-c2nc(Cl)c3c(n2)CSC3)cc(F)c1Br. The van der Waals surface area contributed by atoms with E-state index in [9.17, 15) is 8.78 Å². The number of hydrogen-bond acceptors (Lipinski definition) is 3. The van der Waals surface area contributed by atoms with E-state index in [1.807, 2.05) is 0 Å². The van der Waals surface area contributed by atoms with Gasteiger partial charge in [-0.25, -0.2) is 18.7 Å². The standard InChI is InChI=1S/C12H6BrClF2N2S/c13-10-7(15)1-5(2-8(10)16)12-17-9-4-19-3-6(9)11(14)18-12/h1-2H,3-4H2. The fraction of sp³-hybridized carbons (Fsp3) is 0.167. The Morgan fingerprint density at radius 1 is 1.16 bits per heavy atom. The molecule has 2 aromatic rings. The van der Waals surface area contributed by atoms with Gasteiger partial charge in [0.25, 0.3) is 0 Å². The van der Waals surface area contributed by atoms with Crippen molar-refractivity contribution in [2.24, 2.45) is 0 Å². The van der Waals surface area contributed by atoms with Crippen LogP contribution >= 0.6 is 39.3 Å². The van der Waals surface area contributed by atoms with Crippen LogP contribution in [0.4, 0.5) is 8.78 Å². The van der Waals surface area contributed by atoms with Gasteiger partial charge in [-0.15, -0.1) is 0 Å². The van der Waals surface area contributed by atoms with Crippen LogP contribution in [0.25, 0.3) is 11.4 Å². The molecule has 0 aliphatic carbocycles. The molecule has 0 spiro atoms. The summed E-state index contributed by atoms with van der Waals surface area (Å²) in [6.07, 6.45) is 0. The number of hydrogen-bond donors (Lipinski definition) is 0. The van der Waals surface area contributed by atoms with Crippen LogP contribution in [0.1, 0.15) is 11.3 Å². The number of rotatable bonds is 1. The predicted octanol–water partition coefficient (Wildman–Crippen LogP) is 4.58. The van der Waals surface area contributed by atoms with Gasteiger partial charge in [0.15, 0.2) is 5.82 Å². The first kappa shape index (κ1) is 13.3. The highest BCUT2D eigenvalue weighted by molar-refractivity contribution is 9.10. The van der Waals surface area contributed by atoms with E-state index >= 15 is 0 Å². The molecule has 1 aliphatic heterocycles. The van der Waals surface area contributed by atoms with Crippen LogP contribution in [0.3, 0.4) is 0 Å². The lowest BCUT2D eigenvalue weighted by Gasteiger charge is -2.06. The number of fused-ring (bicyclic) bond motifs is 1. The van der Waals surface area contributed by atoms with Crippen LogP contribution in [-0.4, -0.2) is 9.97 Å². The van der Waals surface area contributed by atoms with E-state index in [1.54, 1.807) is 11.8 Å². The van der Waals surface area contributed by atoms with Crippen molar-refractivity contribution in [3.8, 4) is 11.4 Å². The van der Waals surface area contributed by atoms with Crippen LogP contribution < -0.4 is 0 Å². The highest BCUT2D eigenvalue weighted by atomic mass is 79.9. The maximum absolute atomic E-state index is 13.5. The van der Waals surface area contributed by atoms with Crippen LogP contribution in [0.15, 0.2) is 16.6 Å². The molecule has 0 atom stereocenters. The minimum absolute atomic E-state index is 0.195. The van der Waals surface area contributed by atoms with Crippen molar-refractivity contribution in [3.63, 3.8) is 0 Å². The normalized spacial score (nSPS) is 13.7. The third-order valence-electron chi connectivity index (χ3n) is 2.77. The molecule has 0 saturated carbocycles. The summed E-state index contributed by atoms with van der Waals surface area (Å²) in [6.45, 7) is 0. The van der Waals surface area contributed by atoms with E-state index in [0.717, 1.165) is 22.8 Å². The van der Waals surface area contributed by atoms with Crippen molar-refractivity contribution in [3.05, 3.63) is 44.7 Å². The Morgan fingerprint density at radius 2 is 1.84 bits per heavy atom. The molecular weight excluding hydrogens is 358 g/mol. The van der Waals surface area contributed by atoms with E-state index in [0.29, 0.717) is 5.15 Å². The zero-order chi connectivity index (χ0) is 13.6. The third-order valence-corrected chi connectivity index (χ3v) is 4.81. The average molecular weight is 364 g/mol. The molecule has 1 aromatic carbocycles. The van der Waals surface area contributed by atoms with Crippen LogP contribution in [0, 0.1) is 11.6 Å². The molecule has 19 heavy (non-hydrogen) atoms. The topological polar surface area (TPSA) is 25.8 Å². The fourth-order valence-corrected chi connectivity index (χ4v) is 3.43. The van der Waals surface area contributed by atoms with Gasteiger partial charge >= 0.3 is 0 Å². The summed E-state index contributed by atoms with van der Waals surface area (Å²) in [5.74, 6) is 0.384. The largest absolute Gasteiger partial charge is 0.232 e. The second-order valence-corrected chi connectivity index (χ2v) is 6.15. The number of halogens is 4. The second-order valence-electron chi connectivity index (χ2n) is 4.01. The molecule has 0 N–H and O–H groups in total. The molecule has 0 amide bonds. The van der Waals surface area contributed by atoms with E-state index in [4.69, 9.17) is 11.6 Å². The first-order valence-electron chi connectivity index (χ1n) is 5.34. The zero-order valence-corrected chi connectivity index (χ0v) is 12.5. The summed E-state index contributed by atoms with van der Waals surface area (Å²) in [4.78, 5) is 8.45. The van der Waals surface area contributed by atoms with Crippen LogP contribution in [0.5, 0.6) is 0 Å². The number of aromatic nitrogens is 2. The van der Waals surface area contributed by atoms with Crippen molar-refractivity contribution in [2.45, 2.75) is 11.5 Å². The van der Waals surface area contributed by atoms with Crippen LogP contribution in [0.2, 0.25) is 5.15 Å². The minimum Gasteiger partial charge on any atom is -0.232 e. The number of benzene rings is 1. The quantitative estimate of drug-likeness (QED) is 0.548. The maximum Gasteiger partial charge on any atom is 0.161 e. The van der Waals surface area contributed by atoms with Gasteiger partial charge in [-0.3, -0.25) is 0 Å². The van der Waals surface area contributed by atoms with Crippen molar-refractivity contribution >= 4 is 39.3 Å². The predicted molar refractivity (Wildman–Crippen MR) is 75.1 cm³/mol. The lowest BCUT2D eigenvalue weighted by Crippen LogP contribution is -1.98. The Labute approximate surface area is 125 Å². The summed E-state index contributed by atoms with van der Waals surface area (Å²) < 4.78 is 26.8. The summed E-state index contributed by atoms with van der Waals surface area (Å²) in [5.41, 5.74) is 2.03. The molecule has 1 aliphatic rings. The average Bonchev–Trinajstić information content (AvgIpc) is 2.84. The molecule has 0 radical (unpaired) electrons. The van der Waals surface area contributed by atoms with Gasteiger partial charge in [0.2, 0.25) is 0 Å². The van der Waals surface area contributed by atoms with E-state index in [-0.39, 0.29) is 15.9 Å². The van der Waals surface area contributed by atoms with Crippen molar-refractivity contribution in [1.29, 1.82) is 0 Å². The first-order valence-corrected chi connectivity index (χ1v) is 7.67. The smallest absolute Gasteiger partial charge is 0.161 e. The second kappa shape index (κ2) is 5.00. The minimum atomic E-state index is -0.690. The summed E-state index contributed by atoms with van der Waals surface area (Å²) in [5, 5.41) is 0.355. The summed E-state index contributed by atoms with van der Waals surface area (Å²) in [7, 11) is 0. The van der Waals surface area contributed by atoms with Crippen molar-refractivity contribution in [1.82, 2.24) is 9.97 Å². The molecular formula is C12H6BrClF2N2S. The molecule has 0 unspecified atom stereocenters. The van der Waals surface area contributed by atoms with Gasteiger partial charge in [0.05, 0.1) is 10.2 Å². The van der Waals surface area contributed by atoms with Gasteiger partial charge in [-0.05, 0) is 28.1 Å². The highest BCUT2D eigenvalue weighted by Gasteiger charge is 2.20. The molecule has 0 fully saturated rings. The van der Waals surface area contributed by atoms with E-state index in [1.165, 1.54) is 12.1 Å². The Morgan fingerprint density at radius 3 is 2.53 bits per heavy atom. The number of thioether (sulfide) groups is 1. The first-order chi connectivity index (χ1) is 9.06. The summed E-state index contributed by atoms with van der Waals surface area (Å²) in [6, 6.07) is 2.38. The van der Waals surface area contributed by atoms with Gasteiger partial charge < -0.3 is 0 Å². The van der Waals surface area contributed by atoms with Gasteiger partial charge in [0, 0.05) is 22.6 Å². The Hall–Kier alpha value is -0.720. The molecule has 98 valence electrons. The van der Waals surface area contributed by atoms with Crippen LogP contribution in [-0.2, 0) is 11.5 Å². The Balaban J connectivity index is 2.15. The van der Waals surface area contributed by atoms with E-state index < -0.39 is 11.6 Å². The Bertz CT molecular complexity index is 658. The zero-order valence-electron chi connectivity index (χ0n) is 9.38. The van der Waals surface area contributed by atoms with Crippen molar-refractivity contribution < 1.29 is 8.78 Å². The van der Waals surface area contributed by atoms with Gasteiger partial charge in [0.1, 0.15) is 16.8 Å². The monoisotopic (exact) mass is 362 g/mol. The summed E-state index contributed by atoms with van der Waals surface area (Å²) >= 11 is 10.6. The lowest BCUT2D eigenvalue weighted by molar-refractivity contribution is 0.572. The lowest BCUT2D eigenvalue weighted by atomic mass is 10.2. The molecule has 1 aromatic heterocycles. The molecule has 3 rings (SSSR count). The third kappa shape index (κ3) is 2.37. The number of nitrogens with zero attached hydrogens (tertiary/aromatic N) is 2. The molecule has 0 saturated heterocycles. The molecule has 7 heteroatoms. The van der Waals surface area contributed by atoms with E-state index in [2.05, 4.69) is 25.9 Å². The molecule has 2 nitrogen and oxygen atoms in total. The van der Waals surface area contributed by atoms with Gasteiger partial charge in [-0.2, -0.15) is 11.8 Å². The fourth-order valence-electron chi connectivity index (χ4n) is 1.83. The molecule has 0 bridgehead atoms. The maximum atomic E-state index is 13.5. The van der Waals surface area contributed by atoms with Gasteiger partial charge in [-0.1, -0.05) is 11.6 Å². The Kier molecular flexibility index (Phi) is 3.49. The molecule has 2 heterocycles. The highest BCUT2D eigenvalue weighted by Crippen LogP contribution is 2.34. The van der Waals surface area contributed by atoms with Crippen molar-refractivity contribution in [2.75, 3.05) is 0 Å².